The standard InChI is InChI=1S/C29H35F4N5O3/c1-14-4-7-18-17-6-5-15-12-16(8-10-29(15,3)19(17)9-11-28(14,18)2)37-41-13-20(39)35-27(40)21-22(30)24(32)26(36-38-34)25(33)23(21)31/h14-15,17-19H,4-13H2,1-3H3,(H,35,39,40)/b37-16+/t14-,15-,17-,18-,19-,28+,29-/m0/s1. The molecule has 4 fully saturated rings. The summed E-state index contributed by atoms with van der Waals surface area (Å²) < 4.78 is 56.3. The molecule has 1 N–H and O–H groups in total. The van der Waals surface area contributed by atoms with Crippen LogP contribution in [0.3, 0.4) is 0 Å². The lowest BCUT2D eigenvalue weighted by Gasteiger charge is -2.60. The molecule has 7 atom stereocenters. The maximum atomic E-state index is 14.2. The first kappa shape index (κ1) is 29.4. The SMILES string of the molecule is C[C@H]1CC[C@H]2[C@@H]3CC[C@H]4C/C(=N/OCC(=O)NC(=O)c5c(F)c(F)c(N=[N+]=[N-])c(F)c5F)CC[C@]4(C)[C@H]3CC[C@]12C. The molecule has 1 aromatic rings. The number of nitrogens with one attached hydrogen (secondary N) is 1. The predicted molar refractivity (Wildman–Crippen MR) is 142 cm³/mol. The van der Waals surface area contributed by atoms with Crippen molar-refractivity contribution in [3.8, 4) is 0 Å². The summed E-state index contributed by atoms with van der Waals surface area (Å²) in [6.45, 7) is 6.65. The van der Waals surface area contributed by atoms with Crippen LogP contribution in [0.4, 0.5) is 23.2 Å². The van der Waals surface area contributed by atoms with Crippen molar-refractivity contribution in [1.82, 2.24) is 5.32 Å². The third-order valence-electron chi connectivity index (χ3n) is 11.2. The molecule has 4 aliphatic rings. The van der Waals surface area contributed by atoms with Crippen molar-refractivity contribution in [3.05, 3.63) is 39.3 Å². The van der Waals surface area contributed by atoms with Crippen molar-refractivity contribution in [2.24, 2.45) is 50.7 Å². The van der Waals surface area contributed by atoms with Gasteiger partial charge >= 0.3 is 0 Å². The average molecular weight is 578 g/mol. The van der Waals surface area contributed by atoms with E-state index in [1.807, 2.05) is 0 Å². The van der Waals surface area contributed by atoms with Gasteiger partial charge in [0.15, 0.2) is 29.9 Å². The molecule has 0 saturated heterocycles. The summed E-state index contributed by atoms with van der Waals surface area (Å²) in [5, 5.41) is 8.33. The molecule has 41 heavy (non-hydrogen) atoms. The number of carbonyl (C=O) groups is 2. The number of nitrogens with zero attached hydrogens (tertiary/aromatic N) is 4. The Labute approximate surface area is 235 Å². The van der Waals surface area contributed by atoms with Gasteiger partial charge in [-0.05, 0) is 104 Å². The third-order valence-corrected chi connectivity index (χ3v) is 11.2. The van der Waals surface area contributed by atoms with Gasteiger partial charge in [-0.1, -0.05) is 31.0 Å². The average Bonchev–Trinajstić information content (AvgIpc) is 3.24. The van der Waals surface area contributed by atoms with E-state index in [1.54, 1.807) is 5.32 Å². The van der Waals surface area contributed by atoms with Gasteiger partial charge in [-0.25, -0.2) is 17.6 Å². The highest BCUT2D eigenvalue weighted by atomic mass is 19.2. The van der Waals surface area contributed by atoms with Gasteiger partial charge in [0.2, 0.25) is 0 Å². The van der Waals surface area contributed by atoms with Crippen LogP contribution in [0.5, 0.6) is 0 Å². The van der Waals surface area contributed by atoms with Crippen molar-refractivity contribution in [1.29, 1.82) is 0 Å². The molecule has 2 amide bonds. The van der Waals surface area contributed by atoms with Gasteiger partial charge in [-0.15, -0.1) is 0 Å². The fourth-order valence-corrected chi connectivity index (χ4v) is 8.76. The van der Waals surface area contributed by atoms with Crippen LogP contribution in [-0.4, -0.2) is 24.1 Å². The van der Waals surface area contributed by atoms with Gasteiger partial charge in [0.1, 0.15) is 11.3 Å². The second-order valence-electron chi connectivity index (χ2n) is 12.9. The fourth-order valence-electron chi connectivity index (χ4n) is 8.76. The smallest absolute Gasteiger partial charge is 0.267 e. The van der Waals surface area contributed by atoms with Gasteiger partial charge in [-0.3, -0.25) is 14.9 Å². The summed E-state index contributed by atoms with van der Waals surface area (Å²) in [6.07, 6.45) is 10.1. The zero-order chi connectivity index (χ0) is 29.7. The predicted octanol–water partition coefficient (Wildman–Crippen LogP) is 7.49. The molecule has 1 aromatic carbocycles. The van der Waals surface area contributed by atoms with Crippen LogP contribution in [0, 0.1) is 63.7 Å². The number of halogens is 4. The van der Waals surface area contributed by atoms with E-state index in [-0.39, 0.29) is 5.41 Å². The number of azide groups is 1. The molecule has 0 aromatic heterocycles. The summed E-state index contributed by atoms with van der Waals surface area (Å²) in [6, 6.07) is 0. The Bertz CT molecular complexity index is 1320. The van der Waals surface area contributed by atoms with E-state index < -0.39 is 52.9 Å². The first-order valence-corrected chi connectivity index (χ1v) is 14.3. The molecule has 0 radical (unpaired) electrons. The zero-order valence-electron chi connectivity index (χ0n) is 23.5. The lowest BCUT2D eigenvalue weighted by atomic mass is 9.45. The van der Waals surface area contributed by atoms with E-state index in [1.165, 1.54) is 32.1 Å². The minimum Gasteiger partial charge on any atom is -0.386 e. The normalized spacial score (nSPS) is 35.1. The Kier molecular flexibility index (Phi) is 7.82. The highest BCUT2D eigenvalue weighted by Crippen LogP contribution is 2.67. The molecular formula is C29H35F4N5O3. The minimum atomic E-state index is -2.09. The number of fused-ring (bicyclic) bond motifs is 5. The minimum absolute atomic E-state index is 0.242. The van der Waals surface area contributed by atoms with Crippen LogP contribution < -0.4 is 5.32 Å². The molecule has 4 aliphatic carbocycles. The molecule has 12 heteroatoms. The molecule has 4 saturated carbocycles. The lowest BCUT2D eigenvalue weighted by molar-refractivity contribution is -0.124. The second kappa shape index (κ2) is 10.9. The van der Waals surface area contributed by atoms with Gasteiger partial charge in [0.25, 0.3) is 11.8 Å². The molecule has 0 spiro atoms. The monoisotopic (exact) mass is 577 g/mol. The summed E-state index contributed by atoms with van der Waals surface area (Å²) >= 11 is 0. The van der Waals surface area contributed by atoms with E-state index in [0.29, 0.717) is 17.3 Å². The van der Waals surface area contributed by atoms with Crippen LogP contribution in [0.25, 0.3) is 10.4 Å². The second-order valence-corrected chi connectivity index (χ2v) is 12.9. The summed E-state index contributed by atoms with van der Waals surface area (Å²) in [5.41, 5.74) is 6.64. The van der Waals surface area contributed by atoms with Crippen LogP contribution in [0.2, 0.25) is 0 Å². The quantitative estimate of drug-likeness (QED) is 0.0976. The van der Waals surface area contributed by atoms with Gasteiger partial charge in [-0.2, -0.15) is 0 Å². The molecule has 0 bridgehead atoms. The van der Waals surface area contributed by atoms with Crippen molar-refractivity contribution in [2.45, 2.75) is 78.6 Å². The molecule has 0 heterocycles. The molecule has 0 aliphatic heterocycles. The Morgan fingerprint density at radius 1 is 0.976 bits per heavy atom. The number of hydrogen-bond acceptors (Lipinski definition) is 5. The van der Waals surface area contributed by atoms with E-state index >= 15 is 0 Å². The highest BCUT2D eigenvalue weighted by molar-refractivity contribution is 6.05. The maximum Gasteiger partial charge on any atom is 0.267 e. The van der Waals surface area contributed by atoms with Crippen LogP contribution in [0.15, 0.2) is 10.3 Å². The number of imide groups is 1. The fraction of sp³-hybridized carbons (Fsp3) is 0.690. The molecule has 222 valence electrons. The maximum absolute atomic E-state index is 14.2. The van der Waals surface area contributed by atoms with E-state index in [2.05, 4.69) is 36.0 Å². The Morgan fingerprint density at radius 3 is 2.34 bits per heavy atom. The first-order chi connectivity index (χ1) is 19.4. The zero-order valence-corrected chi connectivity index (χ0v) is 23.5. The Morgan fingerprint density at radius 2 is 1.66 bits per heavy atom. The molecule has 0 unspecified atom stereocenters. The van der Waals surface area contributed by atoms with Gasteiger partial charge in [0, 0.05) is 4.91 Å². The van der Waals surface area contributed by atoms with Gasteiger partial charge in [0.05, 0.1) is 5.71 Å². The third kappa shape index (κ3) is 4.87. The largest absolute Gasteiger partial charge is 0.386 e. The van der Waals surface area contributed by atoms with Crippen LogP contribution in [-0.2, 0) is 9.63 Å². The molecule has 5 rings (SSSR count). The van der Waals surface area contributed by atoms with Crippen molar-refractivity contribution in [2.75, 3.05) is 6.61 Å². The van der Waals surface area contributed by atoms with E-state index in [0.717, 1.165) is 49.1 Å². The van der Waals surface area contributed by atoms with Crippen LogP contribution in [0.1, 0.15) is 88.9 Å². The Hall–Kier alpha value is -3.14. The number of hydrogen-bond donors (Lipinski definition) is 1. The number of amides is 2. The molecule has 8 nitrogen and oxygen atoms in total. The lowest BCUT2D eigenvalue weighted by Crippen LogP contribution is -2.53. The topological polar surface area (TPSA) is 117 Å². The highest BCUT2D eigenvalue weighted by Gasteiger charge is 2.59. The molecular weight excluding hydrogens is 542 g/mol. The van der Waals surface area contributed by atoms with Crippen molar-refractivity contribution >= 4 is 23.2 Å². The van der Waals surface area contributed by atoms with Gasteiger partial charge < -0.3 is 4.84 Å². The summed E-state index contributed by atoms with van der Waals surface area (Å²) in [5.74, 6) is -7.55. The van der Waals surface area contributed by atoms with Crippen LogP contribution >= 0.6 is 0 Å². The summed E-state index contributed by atoms with van der Waals surface area (Å²) in [4.78, 5) is 31.6. The van der Waals surface area contributed by atoms with Crippen molar-refractivity contribution < 1.29 is 32.0 Å². The number of oxime groups is 1. The number of benzene rings is 1. The van der Waals surface area contributed by atoms with E-state index in [4.69, 9.17) is 10.4 Å². The number of rotatable bonds is 5. The number of carbonyl (C=O) groups excluding carboxylic acids is 2. The Balaban J connectivity index is 1.18. The van der Waals surface area contributed by atoms with Crippen molar-refractivity contribution in [3.63, 3.8) is 0 Å². The van der Waals surface area contributed by atoms with E-state index in [9.17, 15) is 27.2 Å². The summed E-state index contributed by atoms with van der Waals surface area (Å²) in [7, 11) is 0. The first-order valence-electron chi connectivity index (χ1n) is 14.3.